The summed E-state index contributed by atoms with van der Waals surface area (Å²) in [7, 11) is 0. The van der Waals surface area contributed by atoms with Crippen LogP contribution in [0.3, 0.4) is 0 Å². The van der Waals surface area contributed by atoms with E-state index in [0.29, 0.717) is 13.0 Å². The van der Waals surface area contributed by atoms with E-state index in [4.69, 9.17) is 9.84 Å². The second kappa shape index (κ2) is 6.82. The highest BCUT2D eigenvalue weighted by molar-refractivity contribution is 5.76. The second-order valence-electron chi connectivity index (χ2n) is 3.80. The van der Waals surface area contributed by atoms with Gasteiger partial charge in [0.25, 0.3) is 0 Å². The lowest BCUT2D eigenvalue weighted by Gasteiger charge is -2.23. The standard InChI is InChI=1S/C11H22O3/c1-4-6-7-8-9-14-11(3,5-2)10(12)13/h4-9H2,1-3H3,(H,12,13). The van der Waals surface area contributed by atoms with Gasteiger partial charge in [-0.3, -0.25) is 0 Å². The van der Waals surface area contributed by atoms with Crippen LogP contribution in [-0.2, 0) is 9.53 Å². The minimum absolute atomic E-state index is 0.510. The van der Waals surface area contributed by atoms with E-state index < -0.39 is 11.6 Å². The minimum atomic E-state index is -0.994. The third-order valence-corrected chi connectivity index (χ3v) is 2.55. The molecular formula is C11H22O3. The van der Waals surface area contributed by atoms with Crippen molar-refractivity contribution in [1.29, 1.82) is 0 Å². The molecule has 0 saturated heterocycles. The SMILES string of the molecule is CCCCCCOC(C)(CC)C(=O)O. The molecule has 0 fully saturated rings. The zero-order chi connectivity index (χ0) is 11.0. The summed E-state index contributed by atoms with van der Waals surface area (Å²) in [6.45, 7) is 6.17. The molecule has 1 N–H and O–H groups in total. The third-order valence-electron chi connectivity index (χ3n) is 2.55. The molecule has 0 spiro atoms. The van der Waals surface area contributed by atoms with Crippen LogP contribution in [0.15, 0.2) is 0 Å². The molecule has 3 heteroatoms. The van der Waals surface area contributed by atoms with Gasteiger partial charge in [-0.2, -0.15) is 0 Å². The number of carboxylic acid groups (broad SMARTS) is 1. The highest BCUT2D eigenvalue weighted by atomic mass is 16.5. The van der Waals surface area contributed by atoms with Crippen LogP contribution in [-0.4, -0.2) is 23.3 Å². The molecule has 0 saturated carbocycles. The van der Waals surface area contributed by atoms with E-state index >= 15 is 0 Å². The normalized spacial score (nSPS) is 15.1. The summed E-state index contributed by atoms with van der Waals surface area (Å²) in [6, 6.07) is 0. The molecule has 1 atom stereocenters. The number of rotatable bonds is 8. The van der Waals surface area contributed by atoms with Gasteiger partial charge in [0.2, 0.25) is 0 Å². The first-order valence-electron chi connectivity index (χ1n) is 5.44. The molecule has 0 rings (SSSR count). The van der Waals surface area contributed by atoms with Crippen LogP contribution in [0.2, 0.25) is 0 Å². The third kappa shape index (κ3) is 4.61. The lowest BCUT2D eigenvalue weighted by Crippen LogP contribution is -2.37. The van der Waals surface area contributed by atoms with Crippen LogP contribution in [0.4, 0.5) is 0 Å². The van der Waals surface area contributed by atoms with E-state index in [-0.39, 0.29) is 0 Å². The number of carbonyl (C=O) groups is 1. The molecule has 14 heavy (non-hydrogen) atoms. The number of hydrogen-bond acceptors (Lipinski definition) is 2. The summed E-state index contributed by atoms with van der Waals surface area (Å²) in [6.07, 6.45) is 4.96. The van der Waals surface area contributed by atoms with Gasteiger partial charge in [0.15, 0.2) is 5.60 Å². The molecule has 0 aliphatic rings. The van der Waals surface area contributed by atoms with Gasteiger partial charge < -0.3 is 9.84 Å². The van der Waals surface area contributed by atoms with Crippen molar-refractivity contribution in [3.63, 3.8) is 0 Å². The Kier molecular flexibility index (Phi) is 6.54. The summed E-state index contributed by atoms with van der Waals surface area (Å²) in [5.41, 5.74) is -0.994. The lowest BCUT2D eigenvalue weighted by molar-refractivity contribution is -0.164. The van der Waals surface area contributed by atoms with Crippen molar-refractivity contribution in [1.82, 2.24) is 0 Å². The topological polar surface area (TPSA) is 46.5 Å². The summed E-state index contributed by atoms with van der Waals surface area (Å²) in [4.78, 5) is 10.8. The Balaban J connectivity index is 3.68. The van der Waals surface area contributed by atoms with Crippen molar-refractivity contribution >= 4 is 5.97 Å². The zero-order valence-corrected chi connectivity index (χ0v) is 9.51. The van der Waals surface area contributed by atoms with E-state index in [1.165, 1.54) is 12.8 Å². The number of carboxylic acids is 1. The predicted octanol–water partition coefficient (Wildman–Crippen LogP) is 2.84. The predicted molar refractivity (Wildman–Crippen MR) is 56.4 cm³/mol. The molecule has 0 aromatic heterocycles. The maximum absolute atomic E-state index is 10.8. The first-order valence-corrected chi connectivity index (χ1v) is 5.44. The van der Waals surface area contributed by atoms with Crippen LogP contribution in [0, 0.1) is 0 Å². The number of ether oxygens (including phenoxy) is 1. The molecule has 0 aliphatic carbocycles. The maximum atomic E-state index is 10.8. The molecule has 0 aromatic rings. The average molecular weight is 202 g/mol. The fraction of sp³-hybridized carbons (Fsp3) is 0.909. The summed E-state index contributed by atoms with van der Waals surface area (Å²) >= 11 is 0. The van der Waals surface area contributed by atoms with Crippen molar-refractivity contribution < 1.29 is 14.6 Å². The van der Waals surface area contributed by atoms with Crippen LogP contribution in [0.25, 0.3) is 0 Å². The van der Waals surface area contributed by atoms with Crippen molar-refractivity contribution in [2.75, 3.05) is 6.61 Å². The van der Waals surface area contributed by atoms with Gasteiger partial charge in [-0.15, -0.1) is 0 Å². The fourth-order valence-electron chi connectivity index (χ4n) is 1.14. The van der Waals surface area contributed by atoms with Crippen molar-refractivity contribution in [2.45, 2.75) is 58.5 Å². The average Bonchev–Trinajstić information content (AvgIpc) is 2.17. The highest BCUT2D eigenvalue weighted by Gasteiger charge is 2.31. The van der Waals surface area contributed by atoms with Gasteiger partial charge in [0, 0.05) is 6.61 Å². The first kappa shape index (κ1) is 13.4. The Morgan fingerprint density at radius 2 is 1.93 bits per heavy atom. The summed E-state index contributed by atoms with van der Waals surface area (Å²) in [5, 5.41) is 8.91. The smallest absolute Gasteiger partial charge is 0.335 e. The van der Waals surface area contributed by atoms with E-state index in [1.54, 1.807) is 6.92 Å². The molecule has 0 bridgehead atoms. The van der Waals surface area contributed by atoms with E-state index in [1.807, 2.05) is 6.92 Å². The molecule has 0 radical (unpaired) electrons. The number of unbranched alkanes of at least 4 members (excludes halogenated alkanes) is 3. The van der Waals surface area contributed by atoms with Crippen LogP contribution in [0.5, 0.6) is 0 Å². The van der Waals surface area contributed by atoms with Crippen LogP contribution in [0.1, 0.15) is 52.9 Å². The van der Waals surface area contributed by atoms with Gasteiger partial charge in [0.05, 0.1) is 0 Å². The Labute approximate surface area is 86.5 Å². The molecule has 1 unspecified atom stereocenters. The van der Waals surface area contributed by atoms with Crippen molar-refractivity contribution in [2.24, 2.45) is 0 Å². The van der Waals surface area contributed by atoms with E-state index in [9.17, 15) is 4.79 Å². The lowest BCUT2D eigenvalue weighted by atomic mass is 10.0. The van der Waals surface area contributed by atoms with E-state index in [2.05, 4.69) is 6.92 Å². The molecule has 3 nitrogen and oxygen atoms in total. The maximum Gasteiger partial charge on any atom is 0.335 e. The van der Waals surface area contributed by atoms with Crippen molar-refractivity contribution in [3.8, 4) is 0 Å². The van der Waals surface area contributed by atoms with Gasteiger partial charge in [-0.05, 0) is 19.8 Å². The quantitative estimate of drug-likeness (QED) is 0.616. The molecule has 0 heterocycles. The number of hydrogen-bond donors (Lipinski definition) is 1. The van der Waals surface area contributed by atoms with Crippen LogP contribution < -0.4 is 0 Å². The molecule has 0 aliphatic heterocycles. The second-order valence-corrected chi connectivity index (χ2v) is 3.80. The number of aliphatic carboxylic acids is 1. The Morgan fingerprint density at radius 1 is 1.29 bits per heavy atom. The summed E-state index contributed by atoms with van der Waals surface area (Å²) in [5.74, 6) is -0.865. The van der Waals surface area contributed by atoms with Gasteiger partial charge in [0.1, 0.15) is 0 Å². The molecule has 0 amide bonds. The highest BCUT2D eigenvalue weighted by Crippen LogP contribution is 2.16. The fourth-order valence-corrected chi connectivity index (χ4v) is 1.14. The van der Waals surface area contributed by atoms with E-state index in [0.717, 1.165) is 12.8 Å². The largest absolute Gasteiger partial charge is 0.479 e. The van der Waals surface area contributed by atoms with Gasteiger partial charge in [-0.1, -0.05) is 33.1 Å². The summed E-state index contributed by atoms with van der Waals surface area (Å²) < 4.78 is 5.39. The minimum Gasteiger partial charge on any atom is -0.479 e. The van der Waals surface area contributed by atoms with Gasteiger partial charge in [-0.25, -0.2) is 4.79 Å². The first-order chi connectivity index (χ1) is 6.56. The van der Waals surface area contributed by atoms with Gasteiger partial charge >= 0.3 is 5.97 Å². The molecule has 0 aromatic carbocycles. The zero-order valence-electron chi connectivity index (χ0n) is 9.51. The Morgan fingerprint density at radius 3 is 2.36 bits per heavy atom. The monoisotopic (exact) mass is 202 g/mol. The Bertz CT molecular complexity index is 168. The molecule has 84 valence electrons. The van der Waals surface area contributed by atoms with Crippen LogP contribution >= 0.6 is 0 Å². The molecular weight excluding hydrogens is 180 g/mol. The van der Waals surface area contributed by atoms with Crippen molar-refractivity contribution in [3.05, 3.63) is 0 Å². The Hall–Kier alpha value is -0.570.